The lowest BCUT2D eigenvalue weighted by Gasteiger charge is -2.25. The molecule has 3 rings (SSSR count). The Morgan fingerprint density at radius 2 is 2.12 bits per heavy atom. The number of nitrogens with zero attached hydrogens (tertiary/aromatic N) is 2. The number of esters is 1. The third kappa shape index (κ3) is 3.16. The molecule has 124 valence electrons. The predicted octanol–water partition coefficient (Wildman–Crippen LogP) is 4.72. The van der Waals surface area contributed by atoms with Crippen LogP contribution in [0, 0.1) is 5.82 Å². The van der Waals surface area contributed by atoms with Crippen molar-refractivity contribution in [3.05, 3.63) is 63.3 Å². The van der Waals surface area contributed by atoms with Gasteiger partial charge >= 0.3 is 5.97 Å². The lowest BCUT2D eigenvalue weighted by molar-refractivity contribution is -0.132. The summed E-state index contributed by atoms with van der Waals surface area (Å²) in [7, 11) is 1.29. The summed E-state index contributed by atoms with van der Waals surface area (Å²) >= 11 is 9.50. The summed E-state index contributed by atoms with van der Waals surface area (Å²) in [6, 6.07) is 11.4. The van der Waals surface area contributed by atoms with E-state index in [9.17, 15) is 9.18 Å². The monoisotopic (exact) mass is 410 g/mol. The predicted molar refractivity (Wildman–Crippen MR) is 94.8 cm³/mol. The maximum absolute atomic E-state index is 14.4. The molecule has 4 nitrogen and oxygen atoms in total. The summed E-state index contributed by atoms with van der Waals surface area (Å²) in [4.78, 5) is 11.9. The second-order valence-electron chi connectivity index (χ2n) is 5.22. The molecular weight excluding hydrogens is 399 g/mol. The Morgan fingerprint density at radius 3 is 2.79 bits per heavy atom. The van der Waals surface area contributed by atoms with Gasteiger partial charge in [0.05, 0.1) is 23.9 Å². The summed E-state index contributed by atoms with van der Waals surface area (Å²) in [5.74, 6) is -0.917. The number of methoxy groups -OCH3 is 1. The molecule has 0 fully saturated rings. The second kappa shape index (κ2) is 6.91. The molecule has 1 atom stereocenters. The van der Waals surface area contributed by atoms with Crippen molar-refractivity contribution in [1.82, 2.24) is 0 Å². The highest BCUT2D eigenvalue weighted by molar-refractivity contribution is 9.10. The number of benzene rings is 2. The van der Waals surface area contributed by atoms with E-state index in [4.69, 9.17) is 16.3 Å². The second-order valence-corrected chi connectivity index (χ2v) is 6.54. The number of hydrogen-bond acceptors (Lipinski definition) is 4. The average Bonchev–Trinajstić information content (AvgIpc) is 2.99. The van der Waals surface area contributed by atoms with E-state index in [2.05, 4.69) is 21.0 Å². The van der Waals surface area contributed by atoms with E-state index in [0.29, 0.717) is 20.7 Å². The summed E-state index contributed by atoms with van der Waals surface area (Å²) in [6.07, 6.45) is 0.233. The highest BCUT2D eigenvalue weighted by Crippen LogP contribution is 2.39. The molecule has 0 saturated heterocycles. The van der Waals surface area contributed by atoms with Crippen molar-refractivity contribution in [1.29, 1.82) is 0 Å². The van der Waals surface area contributed by atoms with Gasteiger partial charge in [0.25, 0.3) is 0 Å². The van der Waals surface area contributed by atoms with Crippen LogP contribution in [0.15, 0.2) is 52.0 Å². The zero-order chi connectivity index (χ0) is 17.3. The molecule has 2 aromatic carbocycles. The zero-order valence-electron chi connectivity index (χ0n) is 12.7. The van der Waals surface area contributed by atoms with E-state index in [0.717, 1.165) is 0 Å². The molecule has 1 aliphatic heterocycles. The Kier molecular flexibility index (Phi) is 4.87. The fourth-order valence-corrected chi connectivity index (χ4v) is 3.18. The highest BCUT2D eigenvalue weighted by Gasteiger charge is 2.35. The molecule has 1 heterocycles. The molecule has 0 aromatic heterocycles. The first-order valence-corrected chi connectivity index (χ1v) is 8.33. The number of rotatable bonds is 3. The summed E-state index contributed by atoms with van der Waals surface area (Å²) in [5.41, 5.74) is 1.26. The van der Waals surface area contributed by atoms with E-state index in [1.54, 1.807) is 35.3 Å². The van der Waals surface area contributed by atoms with Gasteiger partial charge in [-0.3, -0.25) is 5.01 Å². The van der Waals surface area contributed by atoms with E-state index < -0.39 is 12.0 Å². The molecule has 0 spiro atoms. The molecule has 24 heavy (non-hydrogen) atoms. The molecular formula is C17H13BrClFN2O2. The number of carbonyl (C=O) groups excluding carboxylic acids is 1. The average molecular weight is 412 g/mol. The normalized spacial score (nSPS) is 16.9. The van der Waals surface area contributed by atoms with Gasteiger partial charge in [-0.05, 0) is 24.3 Å². The summed E-state index contributed by atoms with van der Waals surface area (Å²) in [5, 5.41) is 6.36. The maximum atomic E-state index is 14.4. The Balaban J connectivity index is 2.07. The van der Waals surface area contributed by atoms with Crippen LogP contribution in [0.2, 0.25) is 5.02 Å². The van der Waals surface area contributed by atoms with Crippen LogP contribution >= 0.6 is 27.5 Å². The van der Waals surface area contributed by atoms with Crippen LogP contribution < -0.4 is 5.01 Å². The van der Waals surface area contributed by atoms with Crippen LogP contribution in [0.4, 0.5) is 10.1 Å². The number of anilines is 1. The van der Waals surface area contributed by atoms with Crippen molar-refractivity contribution in [3.8, 4) is 0 Å². The molecule has 0 radical (unpaired) electrons. The number of halogens is 3. The van der Waals surface area contributed by atoms with Gasteiger partial charge in [-0.2, -0.15) is 5.10 Å². The lowest BCUT2D eigenvalue weighted by Crippen LogP contribution is -2.20. The number of para-hydroxylation sites is 1. The van der Waals surface area contributed by atoms with Crippen molar-refractivity contribution in [2.24, 2.45) is 5.10 Å². The first kappa shape index (κ1) is 16.9. The molecule has 1 aliphatic rings. The third-order valence-electron chi connectivity index (χ3n) is 3.75. The van der Waals surface area contributed by atoms with E-state index in [1.165, 1.54) is 13.2 Å². The van der Waals surface area contributed by atoms with Crippen molar-refractivity contribution in [2.45, 2.75) is 12.5 Å². The van der Waals surface area contributed by atoms with Gasteiger partial charge in [0.15, 0.2) is 0 Å². The number of carbonyl (C=O) groups is 1. The lowest BCUT2D eigenvalue weighted by atomic mass is 10.0. The Morgan fingerprint density at radius 1 is 1.38 bits per heavy atom. The molecule has 2 aromatic rings. The molecule has 0 saturated carbocycles. The van der Waals surface area contributed by atoms with Crippen LogP contribution in [0.5, 0.6) is 0 Å². The minimum Gasteiger partial charge on any atom is -0.464 e. The Hall–Kier alpha value is -1.92. The maximum Gasteiger partial charge on any atom is 0.354 e. The fraction of sp³-hybridized carbons (Fsp3) is 0.176. The Bertz CT molecular complexity index is 828. The molecule has 0 amide bonds. The molecule has 0 N–H and O–H groups in total. The number of ether oxygens (including phenoxy) is 1. The van der Waals surface area contributed by atoms with Crippen LogP contribution in [0.25, 0.3) is 0 Å². The fourth-order valence-electron chi connectivity index (χ4n) is 2.62. The van der Waals surface area contributed by atoms with Gasteiger partial charge in [0.2, 0.25) is 0 Å². The minimum atomic E-state index is -0.535. The standard InChI is InChI=1S/C17H13BrClFN2O2/c1-24-17(23)14-9-16(11-7-6-10(18)8-13(11)20)22(21-14)15-5-3-2-4-12(15)19/h2-8,16H,9H2,1H3. The van der Waals surface area contributed by atoms with Crippen LogP contribution in [-0.4, -0.2) is 18.8 Å². The van der Waals surface area contributed by atoms with Crippen molar-refractivity contribution >= 4 is 44.9 Å². The number of hydrogen-bond donors (Lipinski definition) is 0. The smallest absolute Gasteiger partial charge is 0.354 e. The molecule has 0 bridgehead atoms. The van der Waals surface area contributed by atoms with Crippen molar-refractivity contribution < 1.29 is 13.9 Å². The van der Waals surface area contributed by atoms with E-state index in [1.807, 2.05) is 6.07 Å². The van der Waals surface area contributed by atoms with Gasteiger partial charge in [-0.1, -0.05) is 45.7 Å². The minimum absolute atomic E-state index is 0.227. The van der Waals surface area contributed by atoms with E-state index in [-0.39, 0.29) is 17.9 Å². The highest BCUT2D eigenvalue weighted by atomic mass is 79.9. The molecule has 0 aliphatic carbocycles. The zero-order valence-corrected chi connectivity index (χ0v) is 15.0. The van der Waals surface area contributed by atoms with Gasteiger partial charge in [0, 0.05) is 16.5 Å². The first-order chi connectivity index (χ1) is 11.5. The molecule has 7 heteroatoms. The Labute approximate surface area is 152 Å². The van der Waals surface area contributed by atoms with Gasteiger partial charge in [-0.25, -0.2) is 9.18 Å². The van der Waals surface area contributed by atoms with Crippen LogP contribution in [0.1, 0.15) is 18.0 Å². The quantitative estimate of drug-likeness (QED) is 0.686. The molecule has 1 unspecified atom stereocenters. The van der Waals surface area contributed by atoms with Gasteiger partial charge in [0.1, 0.15) is 11.5 Å². The van der Waals surface area contributed by atoms with E-state index >= 15 is 0 Å². The van der Waals surface area contributed by atoms with Gasteiger partial charge in [-0.15, -0.1) is 0 Å². The summed E-state index contributed by atoms with van der Waals surface area (Å²) in [6.45, 7) is 0. The van der Waals surface area contributed by atoms with Crippen LogP contribution in [-0.2, 0) is 9.53 Å². The third-order valence-corrected chi connectivity index (χ3v) is 4.57. The van der Waals surface area contributed by atoms with Gasteiger partial charge < -0.3 is 4.74 Å². The number of hydrazone groups is 1. The van der Waals surface area contributed by atoms with Crippen LogP contribution in [0.3, 0.4) is 0 Å². The van der Waals surface area contributed by atoms with Crippen molar-refractivity contribution in [3.63, 3.8) is 0 Å². The largest absolute Gasteiger partial charge is 0.464 e. The first-order valence-electron chi connectivity index (χ1n) is 7.15. The van der Waals surface area contributed by atoms with Crippen molar-refractivity contribution in [2.75, 3.05) is 12.1 Å². The summed E-state index contributed by atoms with van der Waals surface area (Å²) < 4.78 is 19.8. The topological polar surface area (TPSA) is 41.9 Å². The SMILES string of the molecule is COC(=O)C1=NN(c2ccccc2Cl)C(c2ccc(Br)cc2F)C1.